The van der Waals surface area contributed by atoms with Gasteiger partial charge in [0.15, 0.2) is 0 Å². The molecule has 0 saturated carbocycles. The van der Waals surface area contributed by atoms with Crippen LogP contribution in [0.15, 0.2) is 17.5 Å². The number of rotatable bonds is 4. The third-order valence-electron chi connectivity index (χ3n) is 2.44. The molecule has 3 N–H and O–H groups in total. The second-order valence-electron chi connectivity index (χ2n) is 4.71. The summed E-state index contributed by atoms with van der Waals surface area (Å²) in [5.41, 5.74) is 5.71. The first-order chi connectivity index (χ1) is 7.28. The monoisotopic (exact) mass is 260 g/mol. The Hall–Kier alpha value is -0.360. The summed E-state index contributed by atoms with van der Waals surface area (Å²) < 4.78 is 15.1. The van der Waals surface area contributed by atoms with Crippen LogP contribution in [-0.2, 0) is 9.71 Å². The minimum atomic E-state index is -2.36. The number of hydrogen-bond donors (Lipinski definition) is 2. The highest BCUT2D eigenvalue weighted by molar-refractivity contribution is 7.99. The first kappa shape index (κ1) is 13.7. The van der Waals surface area contributed by atoms with Gasteiger partial charge in [0.25, 0.3) is 0 Å². The number of thiophene rings is 1. The van der Waals surface area contributed by atoms with Crippen molar-refractivity contribution in [2.75, 3.05) is 6.54 Å². The zero-order valence-electron chi connectivity index (χ0n) is 10.0. The molecule has 5 heteroatoms. The lowest BCUT2D eigenvalue weighted by molar-refractivity contribution is 0.603. The highest BCUT2D eigenvalue weighted by atomic mass is 32.2. The van der Waals surface area contributed by atoms with Crippen LogP contribution in [0.25, 0.3) is 0 Å². The average Bonchev–Trinajstić information content (AvgIpc) is 2.65. The molecule has 1 aromatic rings. The summed E-state index contributed by atoms with van der Waals surface area (Å²) in [4.78, 5) is 1.10. The molecule has 0 saturated heterocycles. The molecule has 0 aliphatic heterocycles. The largest absolute Gasteiger partial charge is 0.329 e. The maximum absolute atomic E-state index is 12.4. The van der Waals surface area contributed by atoms with Crippen molar-refractivity contribution in [3.05, 3.63) is 22.4 Å². The summed E-state index contributed by atoms with van der Waals surface area (Å²) in [5, 5.41) is 1.99. The molecule has 92 valence electrons. The fraction of sp³-hybridized carbons (Fsp3) is 0.545. The van der Waals surface area contributed by atoms with E-state index < -0.39 is 9.71 Å². The van der Waals surface area contributed by atoms with Crippen molar-refractivity contribution >= 4 is 26.9 Å². The van der Waals surface area contributed by atoms with Crippen LogP contribution in [0.4, 0.5) is 0 Å². The van der Waals surface area contributed by atoms with Crippen molar-refractivity contribution in [3.8, 4) is 0 Å². The topological polar surface area (TPSA) is 55.1 Å². The number of hydrogen-bond acceptors (Lipinski definition) is 3. The lowest BCUT2D eigenvalue weighted by Gasteiger charge is -2.28. The Morgan fingerprint density at radius 3 is 2.62 bits per heavy atom. The Morgan fingerprint density at radius 2 is 2.25 bits per heavy atom. The van der Waals surface area contributed by atoms with Crippen molar-refractivity contribution in [2.45, 2.75) is 31.6 Å². The van der Waals surface area contributed by atoms with Crippen molar-refractivity contribution < 1.29 is 4.21 Å². The SMILES string of the molecule is C=S(=O)(N[C@H](CN)c1cccs1)C(C)(C)C. The van der Waals surface area contributed by atoms with E-state index in [0.717, 1.165) is 4.88 Å². The molecule has 1 unspecified atom stereocenters. The third kappa shape index (κ3) is 3.07. The summed E-state index contributed by atoms with van der Waals surface area (Å²) >= 11 is 1.61. The predicted octanol–water partition coefficient (Wildman–Crippen LogP) is 1.77. The van der Waals surface area contributed by atoms with Crippen LogP contribution in [-0.4, -0.2) is 21.4 Å². The van der Waals surface area contributed by atoms with E-state index in [2.05, 4.69) is 10.6 Å². The van der Waals surface area contributed by atoms with Crippen LogP contribution in [0.1, 0.15) is 31.7 Å². The minimum Gasteiger partial charge on any atom is -0.329 e. The summed E-state index contributed by atoms with van der Waals surface area (Å²) in [6.45, 7) is 6.16. The van der Waals surface area contributed by atoms with Crippen molar-refractivity contribution in [2.24, 2.45) is 5.73 Å². The van der Waals surface area contributed by atoms with Crippen LogP contribution >= 0.6 is 11.3 Å². The molecule has 0 bridgehead atoms. The number of nitrogens with one attached hydrogen (secondary N) is 1. The molecule has 0 fully saturated rings. The van der Waals surface area contributed by atoms with Crippen molar-refractivity contribution in [3.63, 3.8) is 0 Å². The van der Waals surface area contributed by atoms with E-state index >= 15 is 0 Å². The fourth-order valence-electron chi connectivity index (χ4n) is 1.12. The van der Waals surface area contributed by atoms with Crippen LogP contribution in [0.5, 0.6) is 0 Å². The molecule has 0 aliphatic rings. The van der Waals surface area contributed by atoms with E-state index in [1.165, 1.54) is 0 Å². The molecular formula is C11H20N2OS2. The van der Waals surface area contributed by atoms with Gasteiger partial charge < -0.3 is 5.73 Å². The van der Waals surface area contributed by atoms with Crippen molar-refractivity contribution in [1.82, 2.24) is 4.72 Å². The number of nitrogens with two attached hydrogens (primary N) is 1. The van der Waals surface area contributed by atoms with Gasteiger partial charge in [-0.05, 0) is 38.1 Å². The van der Waals surface area contributed by atoms with E-state index in [0.29, 0.717) is 6.54 Å². The average molecular weight is 260 g/mol. The zero-order chi connectivity index (χ0) is 12.4. The molecule has 0 radical (unpaired) electrons. The molecule has 1 rings (SSSR count). The van der Waals surface area contributed by atoms with Gasteiger partial charge in [-0.1, -0.05) is 6.07 Å². The first-order valence-corrected chi connectivity index (χ1v) is 7.76. The van der Waals surface area contributed by atoms with Crippen molar-refractivity contribution in [1.29, 1.82) is 0 Å². The van der Waals surface area contributed by atoms with Gasteiger partial charge in [0, 0.05) is 25.9 Å². The summed E-state index contributed by atoms with van der Waals surface area (Å²) in [6, 6.07) is 3.88. The second-order valence-corrected chi connectivity index (χ2v) is 8.50. The highest BCUT2D eigenvalue weighted by Gasteiger charge is 2.26. The van der Waals surface area contributed by atoms with E-state index in [4.69, 9.17) is 5.73 Å². The van der Waals surface area contributed by atoms with Gasteiger partial charge in [0.1, 0.15) is 0 Å². The Balaban J connectivity index is 2.88. The Morgan fingerprint density at radius 1 is 1.62 bits per heavy atom. The molecule has 2 atom stereocenters. The van der Waals surface area contributed by atoms with E-state index in [-0.39, 0.29) is 10.8 Å². The minimum absolute atomic E-state index is 0.0794. The Bertz CT molecular complexity index is 415. The molecule has 3 nitrogen and oxygen atoms in total. The maximum Gasteiger partial charge on any atom is 0.0654 e. The molecular weight excluding hydrogens is 240 g/mol. The van der Waals surface area contributed by atoms with Crippen LogP contribution in [0, 0.1) is 0 Å². The highest BCUT2D eigenvalue weighted by Crippen LogP contribution is 2.22. The van der Waals surface area contributed by atoms with E-state index in [1.807, 2.05) is 38.3 Å². The van der Waals surface area contributed by atoms with Gasteiger partial charge in [-0.3, -0.25) is 4.21 Å². The van der Waals surface area contributed by atoms with Gasteiger partial charge in [0.2, 0.25) is 0 Å². The van der Waals surface area contributed by atoms with Gasteiger partial charge >= 0.3 is 0 Å². The summed E-state index contributed by atoms with van der Waals surface area (Å²) in [7, 11) is -2.36. The molecule has 0 spiro atoms. The Labute approximate surface area is 102 Å². The molecule has 1 aromatic heterocycles. The summed E-state index contributed by atoms with van der Waals surface area (Å²) in [5.74, 6) is 3.80. The van der Waals surface area contributed by atoms with Crippen LogP contribution in [0.3, 0.4) is 0 Å². The molecule has 1 heterocycles. The van der Waals surface area contributed by atoms with Crippen LogP contribution in [0.2, 0.25) is 0 Å². The van der Waals surface area contributed by atoms with Gasteiger partial charge in [-0.2, -0.15) is 0 Å². The lowest BCUT2D eigenvalue weighted by Crippen LogP contribution is -2.42. The maximum atomic E-state index is 12.4. The van der Waals surface area contributed by atoms with E-state index in [9.17, 15) is 4.21 Å². The molecule has 16 heavy (non-hydrogen) atoms. The van der Waals surface area contributed by atoms with E-state index in [1.54, 1.807) is 11.3 Å². The fourth-order valence-corrected chi connectivity index (χ4v) is 3.02. The Kier molecular flexibility index (Phi) is 4.17. The lowest BCUT2D eigenvalue weighted by atomic mass is 10.2. The quantitative estimate of drug-likeness (QED) is 0.811. The third-order valence-corrected chi connectivity index (χ3v) is 6.07. The zero-order valence-corrected chi connectivity index (χ0v) is 11.7. The first-order valence-electron chi connectivity index (χ1n) is 5.15. The summed E-state index contributed by atoms with van der Waals surface area (Å²) in [6.07, 6.45) is 0. The van der Waals surface area contributed by atoms with Gasteiger partial charge in [0.05, 0.1) is 6.04 Å². The normalized spacial score (nSPS) is 18.0. The van der Waals surface area contributed by atoms with Gasteiger partial charge in [-0.25, -0.2) is 4.72 Å². The smallest absolute Gasteiger partial charge is 0.0654 e. The molecule has 0 aliphatic carbocycles. The molecule has 0 amide bonds. The molecule has 0 aromatic carbocycles. The van der Waals surface area contributed by atoms with Crippen LogP contribution < -0.4 is 10.5 Å². The standard InChI is InChI=1S/C11H20N2OS2/c1-11(2,3)16(4,14)13-9(8-12)10-6-5-7-15-10/h5-7,9H,4,8,12H2,1-3H3,(H,13,14)/t9-,16?/m1/s1. The second kappa shape index (κ2) is 4.87. The van der Waals surface area contributed by atoms with Gasteiger partial charge in [-0.15, -0.1) is 11.3 Å². The predicted molar refractivity (Wildman–Crippen MR) is 74.3 cm³/mol.